The van der Waals surface area contributed by atoms with E-state index in [1.807, 2.05) is 13.8 Å². The molecule has 0 N–H and O–H groups in total. The number of likely N-dealkylation sites (N-methyl/N-ethyl adjacent to an activating group) is 1. The van der Waals surface area contributed by atoms with Gasteiger partial charge in [0.2, 0.25) is 11.8 Å². The van der Waals surface area contributed by atoms with Crippen LogP contribution in [0.4, 0.5) is 0 Å². The number of hydrogen-bond donors (Lipinski definition) is 0. The first kappa shape index (κ1) is 23.3. The standard InChI is InChI=1S/C11H21N3O2.C4H10.C2H6/c1-10(15)14(11(2)16)9-8-13-6-4-12(3)5-7-13;1-3-4-2;1-2/h4-9H2,1-3H3;3-4H2,1-2H3;1-2H3. The molecule has 0 atom stereocenters. The van der Waals surface area contributed by atoms with Gasteiger partial charge in [0, 0.05) is 53.1 Å². The summed E-state index contributed by atoms with van der Waals surface area (Å²) in [7, 11) is 2.11. The molecule has 0 bridgehead atoms. The van der Waals surface area contributed by atoms with Crippen molar-refractivity contribution in [2.45, 2.75) is 54.4 Å². The smallest absolute Gasteiger partial charge is 0.226 e. The van der Waals surface area contributed by atoms with Gasteiger partial charge in [-0.15, -0.1) is 0 Å². The highest BCUT2D eigenvalue weighted by Crippen LogP contribution is 2.00. The highest BCUT2D eigenvalue weighted by molar-refractivity contribution is 5.92. The van der Waals surface area contributed by atoms with Crippen molar-refractivity contribution in [3.63, 3.8) is 0 Å². The lowest BCUT2D eigenvalue weighted by Gasteiger charge is -2.33. The van der Waals surface area contributed by atoms with E-state index in [-0.39, 0.29) is 11.8 Å². The topological polar surface area (TPSA) is 43.9 Å². The Bertz CT molecular complexity index is 272. The number of hydrogen-bond acceptors (Lipinski definition) is 4. The molecule has 132 valence electrons. The molecular formula is C17H37N3O2. The Balaban J connectivity index is 0. The molecule has 1 aliphatic rings. The van der Waals surface area contributed by atoms with Gasteiger partial charge in [0.15, 0.2) is 0 Å². The van der Waals surface area contributed by atoms with E-state index in [0.29, 0.717) is 6.54 Å². The molecule has 22 heavy (non-hydrogen) atoms. The van der Waals surface area contributed by atoms with Gasteiger partial charge in [0.25, 0.3) is 0 Å². The summed E-state index contributed by atoms with van der Waals surface area (Å²) in [6.45, 7) is 16.7. The Labute approximate surface area is 137 Å². The Morgan fingerprint density at radius 3 is 1.64 bits per heavy atom. The van der Waals surface area contributed by atoms with Crippen molar-refractivity contribution < 1.29 is 9.59 Å². The second-order valence-corrected chi connectivity index (χ2v) is 5.33. The Morgan fingerprint density at radius 1 is 0.909 bits per heavy atom. The van der Waals surface area contributed by atoms with Gasteiger partial charge in [-0.3, -0.25) is 19.4 Å². The third-order valence-corrected chi connectivity index (χ3v) is 3.50. The second kappa shape index (κ2) is 15.0. The molecule has 1 heterocycles. The van der Waals surface area contributed by atoms with Crippen LogP contribution in [0, 0.1) is 0 Å². The van der Waals surface area contributed by atoms with E-state index in [4.69, 9.17) is 0 Å². The van der Waals surface area contributed by atoms with E-state index in [2.05, 4.69) is 30.7 Å². The zero-order chi connectivity index (χ0) is 17.5. The molecule has 5 heteroatoms. The first-order chi connectivity index (χ1) is 10.4. The van der Waals surface area contributed by atoms with E-state index in [9.17, 15) is 9.59 Å². The lowest BCUT2D eigenvalue weighted by molar-refractivity contribution is -0.142. The fourth-order valence-corrected chi connectivity index (χ4v) is 1.85. The van der Waals surface area contributed by atoms with Crippen LogP contribution in [0.2, 0.25) is 0 Å². The Kier molecular flexibility index (Phi) is 15.9. The number of carbonyl (C=O) groups is 2. The fraction of sp³-hybridized carbons (Fsp3) is 0.882. The average Bonchev–Trinajstić information content (AvgIpc) is 2.51. The zero-order valence-corrected chi connectivity index (χ0v) is 15.8. The van der Waals surface area contributed by atoms with Crippen LogP contribution in [0.5, 0.6) is 0 Å². The van der Waals surface area contributed by atoms with Crippen molar-refractivity contribution in [3.05, 3.63) is 0 Å². The van der Waals surface area contributed by atoms with Crippen molar-refractivity contribution in [1.29, 1.82) is 0 Å². The van der Waals surface area contributed by atoms with E-state index < -0.39 is 0 Å². The van der Waals surface area contributed by atoms with Crippen LogP contribution in [0.25, 0.3) is 0 Å². The molecule has 1 saturated heterocycles. The first-order valence-corrected chi connectivity index (χ1v) is 8.61. The predicted octanol–water partition coefficient (Wildman–Crippen LogP) is 2.46. The normalized spacial score (nSPS) is 15.0. The summed E-state index contributed by atoms with van der Waals surface area (Å²) in [6.07, 6.45) is 2.64. The monoisotopic (exact) mass is 315 g/mol. The number of rotatable bonds is 4. The first-order valence-electron chi connectivity index (χ1n) is 8.61. The maximum atomic E-state index is 11.2. The van der Waals surface area contributed by atoms with Crippen LogP contribution in [-0.2, 0) is 9.59 Å². The van der Waals surface area contributed by atoms with Crippen LogP contribution >= 0.6 is 0 Å². The molecule has 0 unspecified atom stereocenters. The molecule has 0 saturated carbocycles. The number of nitrogens with zero attached hydrogens (tertiary/aromatic N) is 3. The summed E-state index contributed by atoms with van der Waals surface area (Å²) in [5.41, 5.74) is 0. The highest BCUT2D eigenvalue weighted by Gasteiger charge is 2.17. The van der Waals surface area contributed by atoms with Gasteiger partial charge in [0.1, 0.15) is 0 Å². The third kappa shape index (κ3) is 11.7. The van der Waals surface area contributed by atoms with Gasteiger partial charge in [0.05, 0.1) is 0 Å². The summed E-state index contributed by atoms with van der Waals surface area (Å²) >= 11 is 0. The number of unbranched alkanes of at least 4 members (excludes halogenated alkanes) is 1. The molecule has 5 nitrogen and oxygen atoms in total. The predicted molar refractivity (Wildman–Crippen MR) is 93.9 cm³/mol. The lowest BCUT2D eigenvalue weighted by Crippen LogP contribution is -2.48. The molecule has 2 amide bonds. The van der Waals surface area contributed by atoms with Gasteiger partial charge in [-0.2, -0.15) is 0 Å². The summed E-state index contributed by atoms with van der Waals surface area (Å²) < 4.78 is 0. The minimum absolute atomic E-state index is 0.165. The van der Waals surface area contributed by atoms with E-state index in [0.717, 1.165) is 32.7 Å². The summed E-state index contributed by atoms with van der Waals surface area (Å²) in [5.74, 6) is -0.330. The third-order valence-electron chi connectivity index (χ3n) is 3.50. The van der Waals surface area contributed by atoms with E-state index in [1.54, 1.807) is 0 Å². The Hall–Kier alpha value is -0.940. The van der Waals surface area contributed by atoms with Crippen LogP contribution in [0.1, 0.15) is 54.4 Å². The van der Waals surface area contributed by atoms with Crippen molar-refractivity contribution in [2.75, 3.05) is 46.3 Å². The van der Waals surface area contributed by atoms with Crippen molar-refractivity contribution >= 4 is 11.8 Å². The fourth-order valence-electron chi connectivity index (χ4n) is 1.85. The van der Waals surface area contributed by atoms with Gasteiger partial charge < -0.3 is 4.90 Å². The summed E-state index contributed by atoms with van der Waals surface area (Å²) in [6, 6.07) is 0. The number of imide groups is 1. The molecule has 1 fully saturated rings. The van der Waals surface area contributed by atoms with Crippen LogP contribution in [0.15, 0.2) is 0 Å². The van der Waals surface area contributed by atoms with Gasteiger partial charge >= 0.3 is 0 Å². The van der Waals surface area contributed by atoms with Crippen LogP contribution in [0.3, 0.4) is 0 Å². The van der Waals surface area contributed by atoms with Crippen molar-refractivity contribution in [3.8, 4) is 0 Å². The van der Waals surface area contributed by atoms with Gasteiger partial charge in [-0.25, -0.2) is 0 Å². The number of piperazine rings is 1. The molecule has 0 aromatic heterocycles. The molecular weight excluding hydrogens is 278 g/mol. The summed E-state index contributed by atoms with van der Waals surface area (Å²) in [4.78, 5) is 28.3. The van der Waals surface area contributed by atoms with Crippen molar-refractivity contribution in [1.82, 2.24) is 14.7 Å². The van der Waals surface area contributed by atoms with Gasteiger partial charge in [-0.1, -0.05) is 40.5 Å². The molecule has 0 aromatic rings. The van der Waals surface area contributed by atoms with Gasteiger partial charge in [-0.05, 0) is 7.05 Å². The highest BCUT2D eigenvalue weighted by atomic mass is 16.2. The molecule has 0 radical (unpaired) electrons. The average molecular weight is 316 g/mol. The quantitative estimate of drug-likeness (QED) is 0.799. The minimum Gasteiger partial charge on any atom is -0.304 e. The van der Waals surface area contributed by atoms with E-state index >= 15 is 0 Å². The molecule has 0 aromatic carbocycles. The molecule has 0 spiro atoms. The number of carbonyl (C=O) groups excluding carboxylic acids is 2. The second-order valence-electron chi connectivity index (χ2n) is 5.33. The minimum atomic E-state index is -0.165. The van der Waals surface area contributed by atoms with Crippen molar-refractivity contribution in [2.24, 2.45) is 0 Å². The van der Waals surface area contributed by atoms with E-state index in [1.165, 1.54) is 31.6 Å². The molecule has 1 aliphatic heterocycles. The molecule has 0 aliphatic carbocycles. The maximum absolute atomic E-state index is 11.2. The SMILES string of the molecule is CC.CC(=O)N(CCN1CCN(C)CC1)C(C)=O.CCCC. The summed E-state index contributed by atoms with van der Waals surface area (Å²) in [5, 5.41) is 0. The van der Waals surface area contributed by atoms with Crippen LogP contribution in [-0.4, -0.2) is 72.8 Å². The maximum Gasteiger partial charge on any atom is 0.226 e. The number of amides is 2. The largest absolute Gasteiger partial charge is 0.304 e. The van der Waals surface area contributed by atoms with Crippen LogP contribution < -0.4 is 0 Å². The lowest BCUT2D eigenvalue weighted by atomic mass is 10.3. The molecule has 1 rings (SSSR count). The Morgan fingerprint density at radius 2 is 1.32 bits per heavy atom. The zero-order valence-electron chi connectivity index (χ0n) is 15.8.